The van der Waals surface area contributed by atoms with Crippen LogP contribution in [0.1, 0.15) is 21.5 Å². The van der Waals surface area contributed by atoms with Gasteiger partial charge in [-0.05, 0) is 23.3 Å². The Morgan fingerprint density at radius 2 is 1.55 bits per heavy atom. The van der Waals surface area contributed by atoms with Gasteiger partial charge in [0.15, 0.2) is 5.13 Å². The fourth-order valence-corrected chi connectivity index (χ4v) is 3.98. The number of nitrogens with zero attached hydrogens (tertiary/aromatic N) is 2. The van der Waals surface area contributed by atoms with E-state index in [0.29, 0.717) is 23.8 Å². The van der Waals surface area contributed by atoms with Crippen LogP contribution in [0.5, 0.6) is 0 Å². The summed E-state index contributed by atoms with van der Waals surface area (Å²) in [6, 6.07) is 26.5. The summed E-state index contributed by atoms with van der Waals surface area (Å²) >= 11 is 1.40. The first-order valence-corrected chi connectivity index (χ1v) is 11.4. The van der Waals surface area contributed by atoms with Crippen LogP contribution in [0.15, 0.2) is 90.3 Å². The number of amides is 2. The van der Waals surface area contributed by atoms with Crippen LogP contribution in [0.2, 0.25) is 0 Å². The summed E-state index contributed by atoms with van der Waals surface area (Å²) in [7, 11) is 0. The summed E-state index contributed by atoms with van der Waals surface area (Å²) in [6.45, 7) is 0.698. The van der Waals surface area contributed by atoms with Crippen LogP contribution >= 0.6 is 11.3 Å². The Balaban J connectivity index is 1.39. The van der Waals surface area contributed by atoms with Crippen molar-refractivity contribution >= 4 is 28.3 Å². The average molecular weight is 457 g/mol. The van der Waals surface area contributed by atoms with Crippen LogP contribution in [0.4, 0.5) is 5.13 Å². The Morgan fingerprint density at radius 1 is 0.879 bits per heavy atom. The zero-order valence-corrected chi connectivity index (χ0v) is 18.8. The zero-order chi connectivity index (χ0) is 23.0. The number of anilines is 1. The average Bonchev–Trinajstić information content (AvgIpc) is 3.29. The first-order chi connectivity index (χ1) is 16.1. The minimum Gasteiger partial charge on any atom is -0.375 e. The molecule has 0 aliphatic rings. The van der Waals surface area contributed by atoms with E-state index in [4.69, 9.17) is 5.73 Å². The summed E-state index contributed by atoms with van der Waals surface area (Å²) in [5.41, 5.74) is 9.99. The highest BCUT2D eigenvalue weighted by atomic mass is 32.1. The van der Waals surface area contributed by atoms with E-state index in [-0.39, 0.29) is 18.4 Å². The maximum Gasteiger partial charge on any atom is 0.254 e. The molecule has 2 amide bonds. The van der Waals surface area contributed by atoms with E-state index in [1.54, 1.807) is 17.0 Å². The van der Waals surface area contributed by atoms with Crippen molar-refractivity contribution in [2.45, 2.75) is 13.1 Å². The van der Waals surface area contributed by atoms with Gasteiger partial charge in [0.1, 0.15) is 6.54 Å². The number of nitrogens with two attached hydrogens (primary N) is 1. The van der Waals surface area contributed by atoms with Gasteiger partial charge < -0.3 is 16.0 Å². The number of carbonyl (C=O) groups is 2. The summed E-state index contributed by atoms with van der Waals surface area (Å²) in [5.74, 6) is -0.395. The Morgan fingerprint density at radius 3 is 2.18 bits per heavy atom. The quantitative estimate of drug-likeness (QED) is 0.413. The van der Waals surface area contributed by atoms with Crippen molar-refractivity contribution in [1.82, 2.24) is 15.2 Å². The number of hydrogen-bond acceptors (Lipinski definition) is 5. The lowest BCUT2D eigenvalue weighted by atomic mass is 10.1. The van der Waals surface area contributed by atoms with E-state index in [1.165, 1.54) is 11.3 Å². The van der Waals surface area contributed by atoms with Crippen LogP contribution < -0.4 is 11.1 Å². The molecule has 0 spiro atoms. The van der Waals surface area contributed by atoms with Gasteiger partial charge in [-0.1, -0.05) is 72.8 Å². The van der Waals surface area contributed by atoms with Crippen molar-refractivity contribution in [3.05, 3.63) is 107 Å². The molecular formula is C26H24N4O2S. The lowest BCUT2D eigenvalue weighted by Crippen LogP contribution is -2.40. The van der Waals surface area contributed by atoms with E-state index in [2.05, 4.69) is 10.3 Å². The fraction of sp³-hybridized carbons (Fsp3) is 0.115. The maximum absolute atomic E-state index is 13.1. The van der Waals surface area contributed by atoms with Gasteiger partial charge in [-0.15, -0.1) is 11.3 Å². The molecule has 33 heavy (non-hydrogen) atoms. The molecule has 1 heterocycles. The van der Waals surface area contributed by atoms with Crippen molar-refractivity contribution in [1.29, 1.82) is 0 Å². The van der Waals surface area contributed by atoms with Crippen molar-refractivity contribution in [2.24, 2.45) is 0 Å². The van der Waals surface area contributed by atoms with E-state index in [1.807, 2.05) is 78.2 Å². The predicted molar refractivity (Wildman–Crippen MR) is 131 cm³/mol. The van der Waals surface area contributed by atoms with Gasteiger partial charge in [-0.3, -0.25) is 9.59 Å². The lowest BCUT2D eigenvalue weighted by molar-refractivity contribution is -0.122. The molecule has 4 rings (SSSR count). The molecule has 3 N–H and O–H groups in total. The zero-order valence-electron chi connectivity index (χ0n) is 18.0. The Labute approximate surface area is 196 Å². The van der Waals surface area contributed by atoms with Crippen molar-refractivity contribution in [2.75, 3.05) is 12.3 Å². The third-order valence-corrected chi connectivity index (χ3v) is 5.79. The van der Waals surface area contributed by atoms with Crippen molar-refractivity contribution in [3.63, 3.8) is 0 Å². The molecule has 0 fully saturated rings. The highest BCUT2D eigenvalue weighted by Gasteiger charge is 2.19. The van der Waals surface area contributed by atoms with E-state index in [0.717, 1.165) is 22.4 Å². The standard InChI is InChI=1S/C26H24N4O2S/c27-26-29-23(18-33-26)21-13-11-19(12-14-21)15-28-24(31)17-30(16-20-7-3-1-4-8-20)25(32)22-9-5-2-6-10-22/h1-14,18H,15-17H2,(H2,27,29)(H,28,31). The van der Waals surface area contributed by atoms with Crippen LogP contribution in [-0.2, 0) is 17.9 Å². The number of carbonyl (C=O) groups excluding carboxylic acids is 2. The predicted octanol–water partition coefficient (Wildman–Crippen LogP) is 4.35. The minimum atomic E-state index is -0.216. The van der Waals surface area contributed by atoms with E-state index >= 15 is 0 Å². The second kappa shape index (κ2) is 10.6. The summed E-state index contributed by atoms with van der Waals surface area (Å²) in [5, 5.41) is 5.37. The molecule has 0 saturated heterocycles. The molecule has 0 atom stereocenters. The minimum absolute atomic E-state index is 0.0290. The molecule has 4 aromatic rings. The molecule has 0 aliphatic heterocycles. The van der Waals surface area contributed by atoms with E-state index < -0.39 is 0 Å². The monoisotopic (exact) mass is 456 g/mol. The summed E-state index contributed by atoms with van der Waals surface area (Å²) < 4.78 is 0. The van der Waals surface area contributed by atoms with Gasteiger partial charge in [0.25, 0.3) is 5.91 Å². The highest BCUT2D eigenvalue weighted by Crippen LogP contribution is 2.23. The van der Waals surface area contributed by atoms with Crippen LogP contribution in [0.3, 0.4) is 0 Å². The molecule has 1 aromatic heterocycles. The molecular weight excluding hydrogens is 432 g/mol. The Bertz CT molecular complexity index is 1210. The molecule has 0 bridgehead atoms. The first kappa shape index (κ1) is 22.2. The van der Waals surface area contributed by atoms with E-state index in [9.17, 15) is 9.59 Å². The largest absolute Gasteiger partial charge is 0.375 e. The Hall–Kier alpha value is -3.97. The molecule has 166 valence electrons. The number of hydrogen-bond donors (Lipinski definition) is 2. The number of thiazole rings is 1. The summed E-state index contributed by atoms with van der Waals surface area (Å²) in [4.78, 5) is 31.6. The first-order valence-electron chi connectivity index (χ1n) is 10.5. The van der Waals surface area contributed by atoms with Gasteiger partial charge in [-0.25, -0.2) is 4.98 Å². The second-order valence-electron chi connectivity index (χ2n) is 7.56. The van der Waals surface area contributed by atoms with Gasteiger partial charge in [0.05, 0.1) is 5.69 Å². The SMILES string of the molecule is Nc1nc(-c2ccc(CNC(=O)CN(Cc3ccccc3)C(=O)c3ccccc3)cc2)cs1. The van der Waals surface area contributed by atoms with Gasteiger partial charge >= 0.3 is 0 Å². The second-order valence-corrected chi connectivity index (χ2v) is 8.45. The molecule has 0 aliphatic carbocycles. The Kier molecular flexibility index (Phi) is 7.12. The van der Waals surface area contributed by atoms with Crippen LogP contribution in [-0.4, -0.2) is 28.2 Å². The molecule has 0 radical (unpaired) electrons. The number of nitrogen functional groups attached to an aromatic ring is 1. The fourth-order valence-electron chi connectivity index (χ4n) is 3.41. The molecule has 3 aromatic carbocycles. The molecule has 7 heteroatoms. The van der Waals surface area contributed by atoms with Gasteiger partial charge in [0, 0.05) is 29.6 Å². The smallest absolute Gasteiger partial charge is 0.254 e. The molecule has 6 nitrogen and oxygen atoms in total. The number of aromatic nitrogens is 1. The number of rotatable bonds is 8. The van der Waals surface area contributed by atoms with Gasteiger partial charge in [-0.2, -0.15) is 0 Å². The normalized spacial score (nSPS) is 10.5. The highest BCUT2D eigenvalue weighted by molar-refractivity contribution is 7.13. The van der Waals surface area contributed by atoms with Gasteiger partial charge in [0.2, 0.25) is 5.91 Å². The molecule has 0 unspecified atom stereocenters. The summed E-state index contributed by atoms with van der Waals surface area (Å²) in [6.07, 6.45) is 0. The van der Waals surface area contributed by atoms with Crippen molar-refractivity contribution < 1.29 is 9.59 Å². The lowest BCUT2D eigenvalue weighted by Gasteiger charge is -2.22. The topological polar surface area (TPSA) is 88.3 Å². The molecule has 0 saturated carbocycles. The van der Waals surface area contributed by atoms with Crippen LogP contribution in [0, 0.1) is 0 Å². The van der Waals surface area contributed by atoms with Crippen LogP contribution in [0.25, 0.3) is 11.3 Å². The number of nitrogens with one attached hydrogen (secondary N) is 1. The van der Waals surface area contributed by atoms with Crippen molar-refractivity contribution in [3.8, 4) is 11.3 Å². The maximum atomic E-state index is 13.1. The third-order valence-electron chi connectivity index (χ3n) is 5.12. The third kappa shape index (κ3) is 6.05. The number of benzene rings is 3.